The Hall–Kier alpha value is -1.50. The molecule has 26 heavy (non-hydrogen) atoms. The van der Waals surface area contributed by atoms with Gasteiger partial charge in [0.05, 0.1) is 5.56 Å². The van der Waals surface area contributed by atoms with Crippen molar-refractivity contribution in [3.05, 3.63) is 22.6 Å². The van der Waals surface area contributed by atoms with Gasteiger partial charge < -0.3 is 19.0 Å². The summed E-state index contributed by atoms with van der Waals surface area (Å²) in [6, 6.07) is 1.73. The van der Waals surface area contributed by atoms with Crippen molar-refractivity contribution in [1.82, 2.24) is 9.80 Å². The fourth-order valence-electron chi connectivity index (χ4n) is 3.10. The maximum absolute atomic E-state index is 12.6. The molecule has 0 spiro atoms. The van der Waals surface area contributed by atoms with E-state index in [1.165, 1.54) is 6.26 Å². The molecule has 1 aromatic rings. The Kier molecular flexibility index (Phi) is 6.77. The van der Waals surface area contributed by atoms with Crippen molar-refractivity contribution in [2.24, 2.45) is 5.92 Å². The van der Waals surface area contributed by atoms with Gasteiger partial charge in [0.2, 0.25) is 0 Å². The molecule has 2 amide bonds. The average Bonchev–Trinajstić information content (AvgIpc) is 2.96. The fraction of sp³-hybridized carbons (Fsp3) is 0.684. The van der Waals surface area contributed by atoms with E-state index >= 15 is 0 Å². The van der Waals surface area contributed by atoms with E-state index in [2.05, 4.69) is 15.9 Å². The fourth-order valence-corrected chi connectivity index (χ4v) is 3.44. The second-order valence-corrected chi connectivity index (χ2v) is 8.91. The Morgan fingerprint density at radius 3 is 2.65 bits per heavy atom. The van der Waals surface area contributed by atoms with Crippen molar-refractivity contribution in [1.29, 1.82) is 0 Å². The average molecular weight is 429 g/mol. The molecule has 0 saturated carbocycles. The summed E-state index contributed by atoms with van der Waals surface area (Å²) >= 11 is 3.23. The summed E-state index contributed by atoms with van der Waals surface area (Å²) in [5, 5.41) is 0. The molecule has 0 aliphatic carbocycles. The van der Waals surface area contributed by atoms with Crippen LogP contribution in [-0.4, -0.2) is 53.1 Å². The van der Waals surface area contributed by atoms with Gasteiger partial charge in [-0.2, -0.15) is 0 Å². The van der Waals surface area contributed by atoms with Gasteiger partial charge in [0, 0.05) is 31.7 Å². The predicted molar refractivity (Wildman–Crippen MR) is 103 cm³/mol. The summed E-state index contributed by atoms with van der Waals surface area (Å²) in [4.78, 5) is 28.8. The third kappa shape index (κ3) is 5.76. The molecule has 2 rings (SSSR count). The minimum Gasteiger partial charge on any atom is -0.457 e. The smallest absolute Gasteiger partial charge is 0.410 e. The lowest BCUT2D eigenvalue weighted by Crippen LogP contribution is -2.48. The minimum absolute atomic E-state index is 0.0301. The topological polar surface area (TPSA) is 63.0 Å². The van der Waals surface area contributed by atoms with Crippen molar-refractivity contribution in [3.8, 4) is 0 Å². The van der Waals surface area contributed by atoms with Crippen LogP contribution in [0.25, 0.3) is 0 Å². The molecule has 1 atom stereocenters. The highest BCUT2D eigenvalue weighted by atomic mass is 79.9. The van der Waals surface area contributed by atoms with E-state index in [4.69, 9.17) is 9.15 Å². The van der Waals surface area contributed by atoms with Crippen LogP contribution >= 0.6 is 15.9 Å². The van der Waals surface area contributed by atoms with Crippen LogP contribution in [0, 0.1) is 5.92 Å². The second kappa shape index (κ2) is 8.46. The summed E-state index contributed by atoms with van der Waals surface area (Å²) in [7, 11) is 0. The van der Waals surface area contributed by atoms with E-state index in [1.807, 2.05) is 39.5 Å². The van der Waals surface area contributed by atoms with Crippen LogP contribution in [0.1, 0.15) is 57.8 Å². The third-order valence-electron chi connectivity index (χ3n) is 4.33. The zero-order chi connectivity index (χ0) is 19.5. The lowest BCUT2D eigenvalue weighted by molar-refractivity contribution is 0.0124. The zero-order valence-corrected chi connectivity index (χ0v) is 17.8. The van der Waals surface area contributed by atoms with Gasteiger partial charge in [0.1, 0.15) is 11.9 Å². The summed E-state index contributed by atoms with van der Waals surface area (Å²) < 4.78 is 11.3. The highest BCUT2D eigenvalue weighted by molar-refractivity contribution is 9.10. The lowest BCUT2D eigenvalue weighted by Gasteiger charge is -2.37. The van der Waals surface area contributed by atoms with Gasteiger partial charge in [-0.1, -0.05) is 0 Å². The van der Waals surface area contributed by atoms with Gasteiger partial charge in [0.25, 0.3) is 5.91 Å². The number of furan rings is 1. The maximum Gasteiger partial charge on any atom is 0.410 e. The van der Waals surface area contributed by atoms with E-state index in [9.17, 15) is 9.59 Å². The number of carbonyl (C=O) groups is 2. The van der Waals surface area contributed by atoms with Crippen molar-refractivity contribution < 1.29 is 18.7 Å². The molecule has 0 bridgehead atoms. The van der Waals surface area contributed by atoms with E-state index in [-0.39, 0.29) is 24.0 Å². The third-order valence-corrected chi connectivity index (χ3v) is 4.74. The molecule has 1 unspecified atom stereocenters. The van der Waals surface area contributed by atoms with E-state index in [0.29, 0.717) is 23.3 Å². The van der Waals surface area contributed by atoms with Crippen molar-refractivity contribution in [2.75, 3.05) is 19.6 Å². The molecular formula is C19H29BrN2O4. The molecule has 6 nitrogen and oxygen atoms in total. The van der Waals surface area contributed by atoms with Crippen molar-refractivity contribution in [2.45, 2.75) is 59.1 Å². The number of hydrogen-bond donors (Lipinski definition) is 0. The van der Waals surface area contributed by atoms with Gasteiger partial charge in [-0.05, 0) is 69.3 Å². The van der Waals surface area contributed by atoms with E-state index in [0.717, 1.165) is 19.4 Å². The molecule has 1 aromatic heterocycles. The molecule has 1 fully saturated rings. The van der Waals surface area contributed by atoms with Gasteiger partial charge in [-0.15, -0.1) is 0 Å². The van der Waals surface area contributed by atoms with Gasteiger partial charge in [-0.25, -0.2) is 4.79 Å². The summed E-state index contributed by atoms with van der Waals surface area (Å²) in [6.07, 6.45) is 3.09. The molecule has 0 N–H and O–H groups in total. The predicted octanol–water partition coefficient (Wildman–Crippen LogP) is 4.54. The largest absolute Gasteiger partial charge is 0.457 e. The molecule has 7 heteroatoms. The number of hydrogen-bond acceptors (Lipinski definition) is 4. The first kappa shape index (κ1) is 20.8. The van der Waals surface area contributed by atoms with E-state index < -0.39 is 5.60 Å². The molecule has 2 heterocycles. The molecule has 1 saturated heterocycles. The molecule has 0 radical (unpaired) electrons. The number of halogens is 1. The van der Waals surface area contributed by atoms with Gasteiger partial charge >= 0.3 is 6.09 Å². The summed E-state index contributed by atoms with van der Waals surface area (Å²) in [6.45, 7) is 11.5. The lowest BCUT2D eigenvalue weighted by atomic mass is 9.96. The highest BCUT2D eigenvalue weighted by Gasteiger charge is 2.30. The van der Waals surface area contributed by atoms with Crippen LogP contribution in [-0.2, 0) is 4.74 Å². The van der Waals surface area contributed by atoms with Gasteiger partial charge in [-0.3, -0.25) is 4.79 Å². The van der Waals surface area contributed by atoms with Crippen LogP contribution in [0.5, 0.6) is 0 Å². The number of rotatable bonds is 4. The number of piperidine rings is 1. The first-order valence-electron chi connectivity index (χ1n) is 9.09. The monoisotopic (exact) mass is 428 g/mol. The van der Waals surface area contributed by atoms with Gasteiger partial charge in [0.15, 0.2) is 4.67 Å². The van der Waals surface area contributed by atoms with Crippen LogP contribution in [0.3, 0.4) is 0 Å². The molecular weight excluding hydrogens is 400 g/mol. The van der Waals surface area contributed by atoms with E-state index in [1.54, 1.807) is 11.0 Å². The number of likely N-dealkylation sites (tertiary alicyclic amines) is 1. The maximum atomic E-state index is 12.6. The highest BCUT2D eigenvalue weighted by Crippen LogP contribution is 2.23. The second-order valence-electron chi connectivity index (χ2n) is 8.13. The van der Waals surface area contributed by atoms with Crippen LogP contribution in [0.2, 0.25) is 0 Å². The number of nitrogens with zero attached hydrogens (tertiary/aromatic N) is 2. The first-order chi connectivity index (χ1) is 12.1. The minimum atomic E-state index is -0.520. The first-order valence-corrected chi connectivity index (χ1v) is 9.89. The Bertz CT molecular complexity index is 636. The standard InChI is InChI=1S/C19H29BrN2O4/c1-13(2)22(18(24)26-19(3,4)5)11-14-7-6-8-21(10-14)17(23)15-9-16(20)25-12-15/h9,12-14H,6-8,10-11H2,1-5H3. The van der Waals surface area contributed by atoms with Crippen molar-refractivity contribution in [3.63, 3.8) is 0 Å². The molecule has 0 aromatic carbocycles. The Labute approximate surface area is 164 Å². The Morgan fingerprint density at radius 2 is 2.12 bits per heavy atom. The Morgan fingerprint density at radius 1 is 1.42 bits per heavy atom. The zero-order valence-electron chi connectivity index (χ0n) is 16.3. The molecule has 146 valence electrons. The van der Waals surface area contributed by atoms with Crippen molar-refractivity contribution >= 4 is 27.9 Å². The van der Waals surface area contributed by atoms with Crippen LogP contribution in [0.15, 0.2) is 21.4 Å². The van der Waals surface area contributed by atoms with Crippen LogP contribution in [0.4, 0.5) is 4.79 Å². The SMILES string of the molecule is CC(C)N(CC1CCCN(C(=O)c2coc(Br)c2)C1)C(=O)OC(C)(C)C. The number of carbonyl (C=O) groups excluding carboxylic acids is 2. The molecule has 1 aliphatic heterocycles. The number of ether oxygens (including phenoxy) is 1. The molecule has 1 aliphatic rings. The van der Waals surface area contributed by atoms with Crippen LogP contribution < -0.4 is 0 Å². The normalized spacial score (nSPS) is 18.1. The summed E-state index contributed by atoms with van der Waals surface area (Å²) in [5.41, 5.74) is 0.0263. The Balaban J connectivity index is 2.01. The number of amides is 2. The quantitative estimate of drug-likeness (QED) is 0.705. The summed E-state index contributed by atoms with van der Waals surface area (Å²) in [5.74, 6) is 0.204.